The number of nitrogens with one attached hydrogen (secondary N) is 3. The summed E-state index contributed by atoms with van der Waals surface area (Å²) in [5.41, 5.74) is 1.65. The molecule has 0 bridgehead atoms. The lowest BCUT2D eigenvalue weighted by atomic mass is 10.0. The van der Waals surface area contributed by atoms with E-state index in [2.05, 4.69) is 30.8 Å². The van der Waals surface area contributed by atoms with Crippen molar-refractivity contribution in [3.05, 3.63) is 42.9 Å². The first-order chi connectivity index (χ1) is 17.5. The zero-order valence-corrected chi connectivity index (χ0v) is 20.9. The van der Waals surface area contributed by atoms with E-state index < -0.39 is 0 Å². The van der Waals surface area contributed by atoms with Crippen molar-refractivity contribution in [1.29, 1.82) is 0 Å². The normalized spacial score (nSPS) is 17.0. The molecule has 2 aromatic heterocycles. The van der Waals surface area contributed by atoms with Gasteiger partial charge in [0.05, 0.1) is 5.52 Å². The predicted octanol–water partition coefficient (Wildman–Crippen LogP) is 4.23. The first-order valence-corrected chi connectivity index (χ1v) is 12.8. The van der Waals surface area contributed by atoms with Gasteiger partial charge in [0, 0.05) is 48.5 Å². The highest BCUT2D eigenvalue weighted by atomic mass is 16.2. The van der Waals surface area contributed by atoms with Crippen molar-refractivity contribution in [3.63, 3.8) is 0 Å². The maximum absolute atomic E-state index is 12.8. The van der Waals surface area contributed by atoms with Crippen LogP contribution in [0.25, 0.3) is 10.9 Å². The van der Waals surface area contributed by atoms with Crippen LogP contribution in [0.3, 0.4) is 0 Å². The summed E-state index contributed by atoms with van der Waals surface area (Å²) in [5, 5.41) is 10.0. The van der Waals surface area contributed by atoms with Gasteiger partial charge in [-0.15, -0.1) is 0 Å². The van der Waals surface area contributed by atoms with Gasteiger partial charge in [0.25, 0.3) is 0 Å². The van der Waals surface area contributed by atoms with Crippen LogP contribution in [0.1, 0.15) is 39.5 Å². The topological polar surface area (TPSA) is 107 Å². The minimum Gasteiger partial charge on any atom is -0.340 e. The molecule has 2 fully saturated rings. The Labute approximate surface area is 211 Å². The van der Waals surface area contributed by atoms with Gasteiger partial charge in [-0.3, -0.25) is 9.88 Å². The number of amides is 3. The monoisotopic (exact) mass is 490 g/mol. The fraction of sp³-hybridized carbons (Fsp3) is 0.462. The summed E-state index contributed by atoms with van der Waals surface area (Å²) in [6.45, 7) is 7.78. The van der Waals surface area contributed by atoms with E-state index in [1.54, 1.807) is 16.8 Å². The maximum Gasteiger partial charge on any atom is 0.326 e. The van der Waals surface area contributed by atoms with E-state index >= 15 is 0 Å². The summed E-state index contributed by atoms with van der Waals surface area (Å²) < 4.78 is 1.60. The summed E-state index contributed by atoms with van der Waals surface area (Å²) in [4.78, 5) is 38.2. The molecule has 0 unspecified atom stereocenters. The third-order valence-corrected chi connectivity index (χ3v) is 6.90. The van der Waals surface area contributed by atoms with Crippen molar-refractivity contribution in [2.45, 2.75) is 51.6 Å². The molecule has 0 atom stereocenters. The lowest BCUT2D eigenvalue weighted by Crippen LogP contribution is -2.47. The van der Waals surface area contributed by atoms with Crippen LogP contribution in [-0.4, -0.2) is 74.7 Å². The van der Waals surface area contributed by atoms with Crippen molar-refractivity contribution < 1.29 is 9.59 Å². The van der Waals surface area contributed by atoms with E-state index in [0.717, 1.165) is 42.5 Å². The molecule has 1 aromatic carbocycles. The Kier molecular flexibility index (Phi) is 7.04. The summed E-state index contributed by atoms with van der Waals surface area (Å²) in [5.74, 6) is 1.03. The van der Waals surface area contributed by atoms with Crippen molar-refractivity contribution in [2.24, 2.45) is 0 Å². The van der Waals surface area contributed by atoms with Crippen LogP contribution in [0.15, 0.2) is 42.9 Å². The molecule has 3 N–H and O–H groups in total. The number of hydrogen-bond donors (Lipinski definition) is 3. The number of hydrogen-bond acceptors (Lipinski definition) is 6. The predicted molar refractivity (Wildman–Crippen MR) is 141 cm³/mol. The average molecular weight is 491 g/mol. The minimum absolute atomic E-state index is 0.0603. The second-order valence-electron chi connectivity index (χ2n) is 9.87. The first kappa shape index (κ1) is 24.1. The van der Waals surface area contributed by atoms with Crippen molar-refractivity contribution in [3.8, 4) is 0 Å². The average Bonchev–Trinajstić information content (AvgIpc) is 3.54. The molecule has 10 nitrogen and oxygen atoms in total. The molecule has 0 spiro atoms. The third kappa shape index (κ3) is 5.43. The Morgan fingerprint density at radius 1 is 0.944 bits per heavy atom. The number of rotatable bonds is 5. The Morgan fingerprint density at radius 2 is 1.69 bits per heavy atom. The van der Waals surface area contributed by atoms with Gasteiger partial charge in [0.2, 0.25) is 0 Å². The molecule has 2 saturated heterocycles. The third-order valence-electron chi connectivity index (χ3n) is 6.90. The quantitative estimate of drug-likeness (QED) is 0.494. The van der Waals surface area contributed by atoms with Crippen LogP contribution in [0.2, 0.25) is 0 Å². The number of carbonyl (C=O) groups excluding carboxylic acids is 2. The molecule has 2 aliphatic rings. The minimum atomic E-state index is -0.155. The lowest BCUT2D eigenvalue weighted by Gasteiger charge is -2.36. The van der Waals surface area contributed by atoms with Gasteiger partial charge in [-0.1, -0.05) is 0 Å². The zero-order chi connectivity index (χ0) is 25.1. The van der Waals surface area contributed by atoms with E-state index in [4.69, 9.17) is 0 Å². The summed E-state index contributed by atoms with van der Waals surface area (Å²) in [6, 6.07) is 9.76. The number of fused-ring (bicyclic) bond motifs is 1. The summed E-state index contributed by atoms with van der Waals surface area (Å²) in [6.07, 6.45) is 7.82. The van der Waals surface area contributed by atoms with Gasteiger partial charge in [0.1, 0.15) is 18.0 Å². The Bertz CT molecular complexity index is 1230. The molecule has 190 valence electrons. The molecule has 0 saturated carbocycles. The van der Waals surface area contributed by atoms with Crippen molar-refractivity contribution in [2.75, 3.05) is 36.8 Å². The molecule has 3 amide bonds. The van der Waals surface area contributed by atoms with E-state index in [0.29, 0.717) is 17.7 Å². The summed E-state index contributed by atoms with van der Waals surface area (Å²) in [7, 11) is 0. The van der Waals surface area contributed by atoms with Crippen LogP contribution in [0, 0.1) is 0 Å². The van der Waals surface area contributed by atoms with Crippen LogP contribution in [0.5, 0.6) is 0 Å². The van der Waals surface area contributed by atoms with Crippen molar-refractivity contribution in [1.82, 2.24) is 29.7 Å². The smallest absolute Gasteiger partial charge is 0.326 e. The standard InChI is InChI=1S/C26H34N8O2/c1-18(2)29-26(36)34-14-7-19-15-20(5-6-22(19)34)30-23-16-24(28-17-27-23)31-25(35)33-12-8-21(9-13-33)32-10-3-4-11-32/h5-7,14-18,21H,3-4,8-13H2,1-2H3,(H,29,36)(H2,27,28,30,31,35). The second-order valence-corrected chi connectivity index (χ2v) is 9.87. The fourth-order valence-corrected chi connectivity index (χ4v) is 5.09. The van der Waals surface area contributed by atoms with Crippen LogP contribution in [0.4, 0.5) is 26.9 Å². The van der Waals surface area contributed by atoms with E-state index in [1.165, 1.54) is 32.3 Å². The van der Waals surface area contributed by atoms with Gasteiger partial charge in [-0.2, -0.15) is 0 Å². The molecular weight excluding hydrogens is 456 g/mol. The van der Waals surface area contributed by atoms with Gasteiger partial charge >= 0.3 is 12.1 Å². The zero-order valence-electron chi connectivity index (χ0n) is 20.9. The highest BCUT2D eigenvalue weighted by Gasteiger charge is 2.28. The molecule has 5 rings (SSSR count). The first-order valence-electron chi connectivity index (χ1n) is 12.8. The van der Waals surface area contributed by atoms with Gasteiger partial charge in [-0.25, -0.2) is 19.6 Å². The van der Waals surface area contributed by atoms with Crippen LogP contribution < -0.4 is 16.0 Å². The highest BCUT2D eigenvalue weighted by molar-refractivity contribution is 5.93. The van der Waals surface area contributed by atoms with Crippen molar-refractivity contribution >= 4 is 40.3 Å². The number of urea groups is 1. The summed E-state index contributed by atoms with van der Waals surface area (Å²) >= 11 is 0. The number of carbonyl (C=O) groups is 2. The Balaban J connectivity index is 1.19. The highest BCUT2D eigenvalue weighted by Crippen LogP contribution is 2.24. The fourth-order valence-electron chi connectivity index (χ4n) is 5.09. The lowest BCUT2D eigenvalue weighted by molar-refractivity contribution is 0.140. The van der Waals surface area contributed by atoms with Gasteiger partial charge in [-0.05, 0) is 76.9 Å². The van der Waals surface area contributed by atoms with Crippen LogP contribution >= 0.6 is 0 Å². The number of benzene rings is 1. The maximum atomic E-state index is 12.8. The van der Waals surface area contributed by atoms with E-state index in [-0.39, 0.29) is 18.1 Å². The van der Waals surface area contributed by atoms with E-state index in [9.17, 15) is 9.59 Å². The number of likely N-dealkylation sites (tertiary alicyclic amines) is 2. The number of anilines is 3. The second kappa shape index (κ2) is 10.5. The van der Waals surface area contributed by atoms with Crippen LogP contribution in [-0.2, 0) is 0 Å². The Hall–Kier alpha value is -3.66. The molecule has 4 heterocycles. The Morgan fingerprint density at radius 3 is 2.44 bits per heavy atom. The largest absolute Gasteiger partial charge is 0.340 e. The molecule has 10 heteroatoms. The molecule has 36 heavy (non-hydrogen) atoms. The molecule has 2 aliphatic heterocycles. The molecular formula is C26H34N8O2. The number of aromatic nitrogens is 3. The van der Waals surface area contributed by atoms with Gasteiger partial charge < -0.3 is 20.4 Å². The number of piperidine rings is 1. The van der Waals surface area contributed by atoms with Gasteiger partial charge in [0.15, 0.2) is 0 Å². The molecule has 3 aromatic rings. The molecule has 0 radical (unpaired) electrons. The van der Waals surface area contributed by atoms with E-state index in [1.807, 2.05) is 43.0 Å². The number of nitrogens with zero attached hydrogens (tertiary/aromatic N) is 5. The molecule has 0 aliphatic carbocycles. The SMILES string of the molecule is CC(C)NC(=O)n1ccc2cc(Nc3cc(NC(=O)N4CCC(N5CCCC5)CC4)ncn3)ccc21.